The quantitative estimate of drug-likeness (QED) is 0.846. The summed E-state index contributed by atoms with van der Waals surface area (Å²) in [5.41, 5.74) is 0.557. The number of carboxylic acid groups (broad SMARTS) is 1. The van der Waals surface area contributed by atoms with Gasteiger partial charge in [-0.3, -0.25) is 15.1 Å². The molecular weight excluding hydrogens is 274 g/mol. The average Bonchev–Trinajstić information content (AvgIpc) is 2.89. The van der Waals surface area contributed by atoms with Gasteiger partial charge in [-0.05, 0) is 18.6 Å². The van der Waals surface area contributed by atoms with Crippen molar-refractivity contribution in [2.75, 3.05) is 5.32 Å². The third-order valence-electron chi connectivity index (χ3n) is 2.87. The Morgan fingerprint density at radius 1 is 1.33 bits per heavy atom. The van der Waals surface area contributed by atoms with E-state index in [1.165, 1.54) is 12.4 Å². The van der Waals surface area contributed by atoms with E-state index < -0.39 is 5.97 Å². The van der Waals surface area contributed by atoms with Crippen LogP contribution in [-0.2, 0) is 4.79 Å². The Morgan fingerprint density at radius 3 is 2.67 bits per heavy atom. The smallest absolute Gasteiger partial charge is 0.343 e. The van der Waals surface area contributed by atoms with Gasteiger partial charge in [0.25, 0.3) is 0 Å². The number of hydrogen-bond acceptors (Lipinski definition) is 5. The topological polar surface area (TPSA) is 105 Å². The monoisotopic (exact) mass is 289 g/mol. The Bertz CT molecular complexity index is 637. The van der Waals surface area contributed by atoms with Gasteiger partial charge in [-0.1, -0.05) is 18.5 Å². The lowest BCUT2D eigenvalue weighted by Crippen LogP contribution is -2.13. The second-order valence-electron chi connectivity index (χ2n) is 4.43. The molecule has 0 fully saturated rings. The van der Waals surface area contributed by atoms with Gasteiger partial charge in [0.1, 0.15) is 5.69 Å². The Kier molecular flexibility index (Phi) is 4.65. The molecule has 1 amide bonds. The Hall–Kier alpha value is -2.70. The molecule has 0 saturated heterocycles. The number of pyridine rings is 1. The molecule has 0 spiro atoms. The van der Waals surface area contributed by atoms with Gasteiger partial charge in [-0.15, -0.1) is 0 Å². The molecule has 2 N–H and O–H groups in total. The van der Waals surface area contributed by atoms with Crippen LogP contribution in [0.25, 0.3) is 11.3 Å². The molecule has 0 aliphatic carbocycles. The van der Waals surface area contributed by atoms with Gasteiger partial charge in [0, 0.05) is 24.4 Å². The normalized spacial score (nSPS) is 10.3. The van der Waals surface area contributed by atoms with Gasteiger partial charge >= 0.3 is 5.97 Å². The molecule has 0 radical (unpaired) electrons. The average molecular weight is 289 g/mol. The lowest BCUT2D eigenvalue weighted by Gasteiger charge is -2.02. The number of aromatic nitrogens is 2. The van der Waals surface area contributed by atoms with E-state index in [4.69, 9.17) is 4.52 Å². The summed E-state index contributed by atoms with van der Waals surface area (Å²) in [6.07, 6.45) is 4.95. The van der Waals surface area contributed by atoms with Gasteiger partial charge in [0.15, 0.2) is 5.56 Å². The molecule has 2 aromatic rings. The fourth-order valence-electron chi connectivity index (χ4n) is 1.81. The maximum Gasteiger partial charge on any atom is 0.343 e. The largest absolute Gasteiger partial charge is 0.477 e. The third kappa shape index (κ3) is 3.44. The Balaban J connectivity index is 2.30. The van der Waals surface area contributed by atoms with E-state index >= 15 is 0 Å². The standard InChI is InChI=1S/C14H15N3O4/c1-2-3-4-10(18)16-13-11(14(19)20)12(17-21-13)9-5-7-15-8-6-9/h5-8H,2-4H2,1H3,(H,16,18)(H,19,20). The van der Waals surface area contributed by atoms with Crippen molar-refractivity contribution in [2.24, 2.45) is 0 Å². The first-order valence-electron chi connectivity index (χ1n) is 6.56. The molecule has 2 aromatic heterocycles. The number of nitrogens with one attached hydrogen (secondary N) is 1. The van der Waals surface area contributed by atoms with Crippen molar-refractivity contribution >= 4 is 17.8 Å². The van der Waals surface area contributed by atoms with Crippen molar-refractivity contribution in [2.45, 2.75) is 26.2 Å². The summed E-state index contributed by atoms with van der Waals surface area (Å²) in [4.78, 5) is 27.0. The molecule has 0 atom stereocenters. The van der Waals surface area contributed by atoms with E-state index in [1.807, 2.05) is 6.92 Å². The van der Waals surface area contributed by atoms with E-state index in [2.05, 4.69) is 15.5 Å². The highest BCUT2D eigenvalue weighted by Gasteiger charge is 2.24. The summed E-state index contributed by atoms with van der Waals surface area (Å²) in [6, 6.07) is 3.24. The number of amides is 1. The number of anilines is 1. The van der Waals surface area contributed by atoms with Crippen LogP contribution < -0.4 is 5.32 Å². The second-order valence-corrected chi connectivity index (χ2v) is 4.43. The highest BCUT2D eigenvalue weighted by Crippen LogP contribution is 2.28. The van der Waals surface area contributed by atoms with Crippen LogP contribution in [0, 0.1) is 0 Å². The summed E-state index contributed by atoms with van der Waals surface area (Å²) in [7, 11) is 0. The van der Waals surface area contributed by atoms with Crippen LogP contribution in [0.4, 0.5) is 5.88 Å². The summed E-state index contributed by atoms with van der Waals surface area (Å²) >= 11 is 0. The minimum atomic E-state index is -1.21. The van der Waals surface area contributed by atoms with Gasteiger partial charge in [-0.25, -0.2) is 4.79 Å². The highest BCUT2D eigenvalue weighted by atomic mass is 16.5. The van der Waals surface area contributed by atoms with Gasteiger partial charge in [0.05, 0.1) is 0 Å². The zero-order chi connectivity index (χ0) is 15.2. The zero-order valence-electron chi connectivity index (χ0n) is 11.5. The number of carboxylic acids is 1. The third-order valence-corrected chi connectivity index (χ3v) is 2.87. The van der Waals surface area contributed by atoms with Crippen molar-refractivity contribution < 1.29 is 19.2 Å². The van der Waals surface area contributed by atoms with Crippen LogP contribution in [0.3, 0.4) is 0 Å². The maximum atomic E-state index is 11.7. The molecule has 21 heavy (non-hydrogen) atoms. The number of rotatable bonds is 6. The summed E-state index contributed by atoms with van der Waals surface area (Å²) < 4.78 is 4.98. The number of nitrogens with zero attached hydrogens (tertiary/aromatic N) is 2. The molecule has 2 rings (SSSR count). The van der Waals surface area contributed by atoms with Crippen LogP contribution >= 0.6 is 0 Å². The van der Waals surface area contributed by atoms with E-state index in [0.29, 0.717) is 12.0 Å². The minimum Gasteiger partial charge on any atom is -0.477 e. The number of carbonyl (C=O) groups excluding carboxylic acids is 1. The molecule has 0 aliphatic rings. The van der Waals surface area contributed by atoms with Crippen molar-refractivity contribution in [3.63, 3.8) is 0 Å². The van der Waals surface area contributed by atoms with Gasteiger partial charge in [-0.2, -0.15) is 0 Å². The molecule has 0 saturated carbocycles. The summed E-state index contributed by atoms with van der Waals surface area (Å²) in [5, 5.41) is 15.5. The van der Waals surface area contributed by atoms with Crippen LogP contribution in [0.15, 0.2) is 29.0 Å². The minimum absolute atomic E-state index is 0.143. The Morgan fingerprint density at radius 2 is 2.05 bits per heavy atom. The lowest BCUT2D eigenvalue weighted by atomic mass is 10.1. The van der Waals surface area contributed by atoms with Crippen molar-refractivity contribution in [1.29, 1.82) is 0 Å². The summed E-state index contributed by atoms with van der Waals surface area (Å²) in [6.45, 7) is 1.96. The van der Waals surface area contributed by atoms with Crippen molar-refractivity contribution in [1.82, 2.24) is 10.1 Å². The number of hydrogen-bond donors (Lipinski definition) is 2. The fourth-order valence-corrected chi connectivity index (χ4v) is 1.81. The Labute approximate surface area is 121 Å². The zero-order valence-corrected chi connectivity index (χ0v) is 11.5. The molecule has 0 aliphatic heterocycles. The highest BCUT2D eigenvalue weighted by molar-refractivity contribution is 6.03. The van der Waals surface area contributed by atoms with E-state index in [9.17, 15) is 14.7 Å². The van der Waals surface area contributed by atoms with Crippen molar-refractivity contribution in [3.05, 3.63) is 30.1 Å². The molecular formula is C14H15N3O4. The molecule has 110 valence electrons. The van der Waals surface area contributed by atoms with Crippen molar-refractivity contribution in [3.8, 4) is 11.3 Å². The number of carbonyl (C=O) groups is 2. The van der Waals surface area contributed by atoms with Gasteiger partial charge in [0.2, 0.25) is 11.8 Å². The van der Waals surface area contributed by atoms with E-state index in [1.54, 1.807) is 12.1 Å². The van der Waals surface area contributed by atoms with Crippen LogP contribution in [-0.4, -0.2) is 27.1 Å². The van der Waals surface area contributed by atoms with E-state index in [0.717, 1.165) is 12.8 Å². The first-order valence-corrected chi connectivity index (χ1v) is 6.56. The van der Waals surface area contributed by atoms with Gasteiger partial charge < -0.3 is 9.63 Å². The SMILES string of the molecule is CCCCC(=O)Nc1onc(-c2ccncc2)c1C(=O)O. The fraction of sp³-hybridized carbons (Fsp3) is 0.286. The predicted octanol–water partition coefficient (Wildman–Crippen LogP) is 2.56. The second kappa shape index (κ2) is 6.65. The molecule has 0 aromatic carbocycles. The summed E-state index contributed by atoms with van der Waals surface area (Å²) in [5.74, 6) is -1.65. The lowest BCUT2D eigenvalue weighted by molar-refractivity contribution is -0.116. The van der Waals surface area contributed by atoms with Crippen LogP contribution in [0.1, 0.15) is 36.5 Å². The molecule has 0 bridgehead atoms. The van der Waals surface area contributed by atoms with Crippen LogP contribution in [0.2, 0.25) is 0 Å². The maximum absolute atomic E-state index is 11.7. The predicted molar refractivity (Wildman–Crippen MR) is 74.8 cm³/mol. The molecule has 7 heteroatoms. The van der Waals surface area contributed by atoms with Crippen LogP contribution in [0.5, 0.6) is 0 Å². The van der Waals surface area contributed by atoms with E-state index in [-0.39, 0.29) is 23.0 Å². The number of unbranched alkanes of at least 4 members (excludes halogenated alkanes) is 1. The first kappa shape index (κ1) is 14.7. The molecule has 2 heterocycles. The molecule has 7 nitrogen and oxygen atoms in total. The number of aromatic carboxylic acids is 1. The molecule has 0 unspecified atom stereocenters. The first-order chi connectivity index (χ1) is 10.1.